The van der Waals surface area contributed by atoms with Gasteiger partial charge >= 0.3 is 0 Å². The van der Waals surface area contributed by atoms with E-state index in [-0.39, 0.29) is 5.91 Å². The van der Waals surface area contributed by atoms with Gasteiger partial charge in [0, 0.05) is 56.5 Å². The molecule has 0 saturated carbocycles. The molecule has 0 bridgehead atoms. The Labute approximate surface area is 155 Å². The lowest BCUT2D eigenvalue weighted by Gasteiger charge is -2.32. The highest BCUT2D eigenvalue weighted by molar-refractivity contribution is 5.78. The molecular weight excluding hydrogens is 328 g/mol. The number of piperidine rings is 1. The minimum atomic E-state index is 0.126. The van der Waals surface area contributed by atoms with Gasteiger partial charge in [-0.25, -0.2) is 4.98 Å². The first-order valence-corrected chi connectivity index (χ1v) is 9.32. The summed E-state index contributed by atoms with van der Waals surface area (Å²) in [4.78, 5) is 29.7. The molecule has 0 unspecified atom stereocenters. The Morgan fingerprint density at radius 1 is 1.27 bits per heavy atom. The highest BCUT2D eigenvalue weighted by Crippen LogP contribution is 2.26. The van der Waals surface area contributed by atoms with Gasteiger partial charge < -0.3 is 14.4 Å². The van der Waals surface area contributed by atoms with E-state index < -0.39 is 0 Å². The van der Waals surface area contributed by atoms with Gasteiger partial charge in [0.1, 0.15) is 5.82 Å². The minimum absolute atomic E-state index is 0.126. The molecule has 7 heteroatoms. The summed E-state index contributed by atoms with van der Waals surface area (Å²) < 4.78 is 2.25. The van der Waals surface area contributed by atoms with Crippen LogP contribution in [0.2, 0.25) is 0 Å². The molecule has 3 heterocycles. The van der Waals surface area contributed by atoms with Crippen molar-refractivity contribution in [3.8, 4) is 0 Å². The van der Waals surface area contributed by atoms with Gasteiger partial charge in [0.25, 0.3) is 0 Å². The average Bonchev–Trinajstić information content (AvgIpc) is 3.11. The van der Waals surface area contributed by atoms with Crippen LogP contribution in [-0.2, 0) is 17.8 Å². The fraction of sp³-hybridized carbons (Fsp3) is 0.579. The average molecular weight is 356 g/mol. The molecule has 0 spiro atoms. The maximum absolute atomic E-state index is 12.6. The van der Waals surface area contributed by atoms with Crippen LogP contribution in [0, 0.1) is 0 Å². The van der Waals surface area contributed by atoms with Crippen LogP contribution in [-0.4, -0.2) is 69.0 Å². The molecule has 26 heavy (non-hydrogen) atoms. The molecule has 0 aromatic carbocycles. The van der Waals surface area contributed by atoms with Gasteiger partial charge in [-0.3, -0.25) is 14.8 Å². The van der Waals surface area contributed by atoms with Crippen molar-refractivity contribution in [3.63, 3.8) is 0 Å². The van der Waals surface area contributed by atoms with Gasteiger partial charge in [0.15, 0.2) is 0 Å². The van der Waals surface area contributed by atoms with Crippen LogP contribution in [0.3, 0.4) is 0 Å². The van der Waals surface area contributed by atoms with Crippen molar-refractivity contribution in [1.29, 1.82) is 0 Å². The van der Waals surface area contributed by atoms with E-state index in [1.54, 1.807) is 18.6 Å². The van der Waals surface area contributed by atoms with Crippen LogP contribution in [0.25, 0.3) is 0 Å². The third-order valence-electron chi connectivity index (χ3n) is 4.84. The standard InChI is InChI=1S/C19H28N6O/c1-23(2)9-4-11-24-12-8-22-19(24)16-5-3-10-25(15-16)18(26)13-17-14-20-6-7-21-17/h6-8,12,14,16H,3-5,9-11,13,15H2,1-2H3/t16-/m1/s1. The Balaban J connectivity index is 1.60. The van der Waals surface area contributed by atoms with Gasteiger partial charge in [-0.15, -0.1) is 0 Å². The quantitative estimate of drug-likeness (QED) is 0.753. The number of nitrogens with zero attached hydrogens (tertiary/aromatic N) is 6. The molecule has 1 fully saturated rings. The Bertz CT molecular complexity index is 699. The van der Waals surface area contributed by atoms with E-state index in [1.165, 1.54) is 0 Å². The number of amides is 1. The number of carbonyl (C=O) groups is 1. The van der Waals surface area contributed by atoms with Crippen molar-refractivity contribution in [1.82, 2.24) is 29.3 Å². The monoisotopic (exact) mass is 356 g/mol. The zero-order valence-electron chi connectivity index (χ0n) is 15.7. The zero-order valence-corrected chi connectivity index (χ0v) is 15.7. The van der Waals surface area contributed by atoms with E-state index >= 15 is 0 Å². The second-order valence-corrected chi connectivity index (χ2v) is 7.19. The lowest BCUT2D eigenvalue weighted by Crippen LogP contribution is -2.40. The highest BCUT2D eigenvalue weighted by Gasteiger charge is 2.27. The normalized spacial score (nSPS) is 17.7. The summed E-state index contributed by atoms with van der Waals surface area (Å²) in [6.45, 7) is 3.59. The van der Waals surface area contributed by atoms with Crippen molar-refractivity contribution in [3.05, 3.63) is 42.5 Å². The largest absolute Gasteiger partial charge is 0.342 e. The van der Waals surface area contributed by atoms with Crippen LogP contribution >= 0.6 is 0 Å². The predicted octanol–water partition coefficient (Wildman–Crippen LogP) is 1.57. The molecule has 1 aliphatic rings. The van der Waals surface area contributed by atoms with Crippen LogP contribution in [0.4, 0.5) is 0 Å². The molecule has 140 valence electrons. The number of likely N-dealkylation sites (tertiary alicyclic amines) is 1. The predicted molar refractivity (Wildman–Crippen MR) is 99.7 cm³/mol. The van der Waals surface area contributed by atoms with E-state index in [0.717, 1.165) is 57.0 Å². The maximum atomic E-state index is 12.6. The third kappa shape index (κ3) is 4.88. The van der Waals surface area contributed by atoms with Crippen LogP contribution < -0.4 is 0 Å². The number of imidazole rings is 1. The van der Waals surface area contributed by atoms with Crippen molar-refractivity contribution >= 4 is 5.91 Å². The molecule has 1 atom stereocenters. The SMILES string of the molecule is CN(C)CCCn1ccnc1[C@@H]1CCCN(C(=O)Cc2cnccn2)C1. The maximum Gasteiger partial charge on any atom is 0.228 e. The molecule has 0 aliphatic carbocycles. The molecule has 1 amide bonds. The summed E-state index contributed by atoms with van der Waals surface area (Å²) in [5, 5.41) is 0. The lowest BCUT2D eigenvalue weighted by molar-refractivity contribution is -0.131. The van der Waals surface area contributed by atoms with Gasteiger partial charge in [0.05, 0.1) is 12.1 Å². The second-order valence-electron chi connectivity index (χ2n) is 7.19. The topological polar surface area (TPSA) is 67.2 Å². The molecule has 3 rings (SSSR count). The van der Waals surface area contributed by atoms with Gasteiger partial charge in [-0.05, 0) is 39.9 Å². The summed E-state index contributed by atoms with van der Waals surface area (Å²) in [5.41, 5.74) is 0.727. The Hall–Kier alpha value is -2.28. The summed E-state index contributed by atoms with van der Waals surface area (Å²) >= 11 is 0. The summed E-state index contributed by atoms with van der Waals surface area (Å²) in [7, 11) is 4.19. The molecule has 7 nitrogen and oxygen atoms in total. The molecule has 0 radical (unpaired) electrons. The smallest absolute Gasteiger partial charge is 0.228 e. The van der Waals surface area contributed by atoms with Crippen LogP contribution in [0.15, 0.2) is 31.0 Å². The van der Waals surface area contributed by atoms with E-state index in [2.05, 4.69) is 44.7 Å². The summed E-state index contributed by atoms with van der Waals surface area (Å²) in [6.07, 6.45) is 12.4. The third-order valence-corrected chi connectivity index (χ3v) is 4.84. The van der Waals surface area contributed by atoms with E-state index in [1.807, 2.05) is 11.1 Å². The lowest BCUT2D eigenvalue weighted by atomic mass is 9.96. The highest BCUT2D eigenvalue weighted by atomic mass is 16.2. The number of carbonyl (C=O) groups excluding carboxylic acids is 1. The molecule has 0 N–H and O–H groups in total. The summed E-state index contributed by atoms with van der Waals surface area (Å²) in [6, 6.07) is 0. The molecule has 1 aliphatic heterocycles. The van der Waals surface area contributed by atoms with Crippen LogP contribution in [0.1, 0.15) is 36.7 Å². The number of hydrogen-bond acceptors (Lipinski definition) is 5. The number of rotatable bonds is 7. The fourth-order valence-corrected chi connectivity index (χ4v) is 3.53. The second kappa shape index (κ2) is 8.89. The fourth-order valence-electron chi connectivity index (χ4n) is 3.53. The number of aryl methyl sites for hydroxylation is 1. The summed E-state index contributed by atoms with van der Waals surface area (Å²) in [5.74, 6) is 1.55. The van der Waals surface area contributed by atoms with E-state index in [0.29, 0.717) is 12.3 Å². The number of hydrogen-bond donors (Lipinski definition) is 0. The van der Waals surface area contributed by atoms with Crippen molar-refractivity contribution in [2.75, 3.05) is 33.7 Å². The minimum Gasteiger partial charge on any atom is -0.342 e. The first-order chi connectivity index (χ1) is 12.6. The van der Waals surface area contributed by atoms with Gasteiger partial charge in [-0.1, -0.05) is 0 Å². The Morgan fingerprint density at radius 2 is 2.15 bits per heavy atom. The van der Waals surface area contributed by atoms with Crippen molar-refractivity contribution in [2.45, 2.75) is 38.1 Å². The Morgan fingerprint density at radius 3 is 2.92 bits per heavy atom. The first-order valence-electron chi connectivity index (χ1n) is 9.32. The van der Waals surface area contributed by atoms with Crippen molar-refractivity contribution < 1.29 is 4.79 Å². The van der Waals surface area contributed by atoms with Crippen molar-refractivity contribution in [2.24, 2.45) is 0 Å². The molecular formula is C19H28N6O. The van der Waals surface area contributed by atoms with Crippen LogP contribution in [0.5, 0.6) is 0 Å². The first kappa shape index (κ1) is 18.5. The molecule has 1 saturated heterocycles. The Kier molecular flexibility index (Phi) is 6.33. The van der Waals surface area contributed by atoms with E-state index in [9.17, 15) is 4.79 Å². The molecule has 2 aromatic heterocycles. The van der Waals surface area contributed by atoms with E-state index in [4.69, 9.17) is 0 Å². The molecule has 2 aromatic rings. The van der Waals surface area contributed by atoms with Gasteiger partial charge in [0.2, 0.25) is 5.91 Å². The van der Waals surface area contributed by atoms with Gasteiger partial charge in [-0.2, -0.15) is 0 Å². The number of aromatic nitrogens is 4. The zero-order chi connectivity index (χ0) is 18.4.